The molecule has 1 aromatic heterocycles. The lowest BCUT2D eigenvalue weighted by molar-refractivity contribution is 0.0949. The van der Waals surface area contributed by atoms with Crippen molar-refractivity contribution in [1.29, 1.82) is 0 Å². The maximum Gasteiger partial charge on any atom is 0.323 e. The maximum atomic E-state index is 11.6. The van der Waals surface area contributed by atoms with Gasteiger partial charge >= 0.3 is 5.69 Å². The fourth-order valence-electron chi connectivity index (χ4n) is 1.78. The average Bonchev–Trinajstić information content (AvgIpc) is 2.77. The molecule has 0 saturated heterocycles. The molecule has 6 nitrogen and oxygen atoms in total. The maximum absolute atomic E-state index is 11.6. The first kappa shape index (κ1) is 11.7. The molecule has 0 atom stereocenters. The van der Waals surface area contributed by atoms with Crippen molar-refractivity contribution in [3.8, 4) is 0 Å². The fraction of sp³-hybridized carbons (Fsp3) is 0.455. The molecule has 1 aliphatic heterocycles. The summed E-state index contributed by atoms with van der Waals surface area (Å²) in [6.45, 7) is 2.51. The van der Waals surface area contributed by atoms with Gasteiger partial charge in [0.1, 0.15) is 5.69 Å². The van der Waals surface area contributed by atoms with E-state index in [1.807, 2.05) is 0 Å². The summed E-state index contributed by atoms with van der Waals surface area (Å²) in [6.07, 6.45) is 5.44. The summed E-state index contributed by atoms with van der Waals surface area (Å²) in [7, 11) is 0. The number of rotatable bonds is 4. The molecule has 1 aromatic rings. The largest absolute Gasteiger partial charge is 0.350 e. The zero-order chi connectivity index (χ0) is 12.1. The number of H-pyrrole nitrogens is 2. The van der Waals surface area contributed by atoms with E-state index in [9.17, 15) is 9.59 Å². The molecule has 0 saturated carbocycles. The Bertz CT molecular complexity index is 472. The van der Waals surface area contributed by atoms with Crippen LogP contribution in [0.15, 0.2) is 22.6 Å². The predicted octanol–water partition coefficient (Wildman–Crippen LogP) is -0.257. The van der Waals surface area contributed by atoms with E-state index in [0.29, 0.717) is 6.54 Å². The van der Waals surface area contributed by atoms with Crippen LogP contribution in [0, 0.1) is 0 Å². The van der Waals surface area contributed by atoms with Gasteiger partial charge in [0.2, 0.25) is 0 Å². The molecule has 2 heterocycles. The van der Waals surface area contributed by atoms with Gasteiger partial charge in [0.15, 0.2) is 0 Å². The van der Waals surface area contributed by atoms with Crippen molar-refractivity contribution in [2.45, 2.75) is 12.8 Å². The van der Waals surface area contributed by atoms with Gasteiger partial charge in [-0.3, -0.25) is 4.79 Å². The van der Waals surface area contributed by atoms with Crippen molar-refractivity contribution >= 4 is 5.91 Å². The van der Waals surface area contributed by atoms with Crippen LogP contribution in [0.4, 0.5) is 0 Å². The molecule has 2 rings (SSSR count). The van der Waals surface area contributed by atoms with Crippen LogP contribution in [-0.4, -0.2) is 35.5 Å². The Morgan fingerprint density at radius 2 is 2.35 bits per heavy atom. The first-order valence-corrected chi connectivity index (χ1v) is 5.70. The number of aromatic nitrogens is 2. The van der Waals surface area contributed by atoms with Gasteiger partial charge in [0.05, 0.1) is 0 Å². The second kappa shape index (κ2) is 5.49. The topological polar surface area (TPSA) is 89.8 Å². The monoisotopic (exact) mass is 236 g/mol. The zero-order valence-electron chi connectivity index (χ0n) is 9.51. The van der Waals surface area contributed by atoms with Crippen molar-refractivity contribution < 1.29 is 4.79 Å². The van der Waals surface area contributed by atoms with Crippen molar-refractivity contribution in [2.75, 3.05) is 19.6 Å². The molecular weight excluding hydrogens is 220 g/mol. The van der Waals surface area contributed by atoms with E-state index < -0.39 is 0 Å². The van der Waals surface area contributed by atoms with E-state index in [1.54, 1.807) is 0 Å². The lowest BCUT2D eigenvalue weighted by Crippen LogP contribution is -2.27. The molecule has 1 amide bonds. The van der Waals surface area contributed by atoms with Crippen LogP contribution in [-0.2, 0) is 0 Å². The molecule has 4 N–H and O–H groups in total. The van der Waals surface area contributed by atoms with Gasteiger partial charge in [0.25, 0.3) is 5.91 Å². The molecule has 0 bridgehead atoms. The number of imidazole rings is 1. The van der Waals surface area contributed by atoms with Crippen LogP contribution >= 0.6 is 0 Å². The molecule has 0 unspecified atom stereocenters. The van der Waals surface area contributed by atoms with Crippen molar-refractivity contribution in [1.82, 2.24) is 20.6 Å². The smallest absolute Gasteiger partial charge is 0.323 e. The fourth-order valence-corrected chi connectivity index (χ4v) is 1.78. The standard InChI is InChI=1S/C11H16N4O2/c16-10(9-7-14-11(17)15-9)13-6-3-8-1-4-12-5-2-8/h1,7,12H,2-6H2,(H,13,16)(H2,14,15,17). The van der Waals surface area contributed by atoms with E-state index in [-0.39, 0.29) is 17.3 Å². The molecule has 0 fully saturated rings. The van der Waals surface area contributed by atoms with Crippen LogP contribution < -0.4 is 16.3 Å². The van der Waals surface area contributed by atoms with Crippen LogP contribution in [0.25, 0.3) is 0 Å². The number of amides is 1. The summed E-state index contributed by atoms with van der Waals surface area (Å²) < 4.78 is 0. The molecule has 0 radical (unpaired) electrons. The Labute approximate surface area is 98.5 Å². The lowest BCUT2D eigenvalue weighted by Gasteiger charge is -2.13. The molecule has 0 aliphatic carbocycles. The molecule has 1 aliphatic rings. The highest BCUT2D eigenvalue weighted by Crippen LogP contribution is 2.07. The van der Waals surface area contributed by atoms with Gasteiger partial charge in [-0.15, -0.1) is 0 Å². The Hall–Kier alpha value is -1.82. The van der Waals surface area contributed by atoms with Crippen molar-refractivity contribution in [2.24, 2.45) is 0 Å². The normalized spacial score (nSPS) is 15.4. The van der Waals surface area contributed by atoms with Gasteiger partial charge in [-0.25, -0.2) is 4.79 Å². The van der Waals surface area contributed by atoms with Crippen LogP contribution in [0.3, 0.4) is 0 Å². The second-order valence-electron chi connectivity index (χ2n) is 3.98. The quantitative estimate of drug-likeness (QED) is 0.543. The minimum atomic E-state index is -0.365. The SMILES string of the molecule is O=C(NCCC1=CCNCC1)c1c[nH]c(=O)[nH]1. The first-order chi connectivity index (χ1) is 8.25. The van der Waals surface area contributed by atoms with E-state index >= 15 is 0 Å². The molecular formula is C11H16N4O2. The van der Waals surface area contributed by atoms with E-state index in [0.717, 1.165) is 25.9 Å². The van der Waals surface area contributed by atoms with Crippen LogP contribution in [0.2, 0.25) is 0 Å². The first-order valence-electron chi connectivity index (χ1n) is 5.70. The number of carbonyl (C=O) groups is 1. The minimum Gasteiger partial charge on any atom is -0.350 e. The summed E-state index contributed by atoms with van der Waals surface area (Å²) in [4.78, 5) is 27.2. The molecule has 17 heavy (non-hydrogen) atoms. The predicted molar refractivity (Wildman–Crippen MR) is 63.9 cm³/mol. The summed E-state index contributed by atoms with van der Waals surface area (Å²) in [5.41, 5.74) is 1.28. The number of hydrogen-bond acceptors (Lipinski definition) is 3. The second-order valence-corrected chi connectivity index (χ2v) is 3.98. The Morgan fingerprint density at radius 3 is 3.00 bits per heavy atom. The van der Waals surface area contributed by atoms with Crippen LogP contribution in [0.5, 0.6) is 0 Å². The van der Waals surface area contributed by atoms with Gasteiger partial charge in [0, 0.05) is 19.3 Å². The van der Waals surface area contributed by atoms with Crippen molar-refractivity contribution in [3.63, 3.8) is 0 Å². The summed E-state index contributed by atoms with van der Waals surface area (Å²) in [6, 6.07) is 0. The Kier molecular flexibility index (Phi) is 3.77. The van der Waals surface area contributed by atoms with Gasteiger partial charge in [-0.1, -0.05) is 11.6 Å². The summed E-state index contributed by atoms with van der Waals surface area (Å²) >= 11 is 0. The highest BCUT2D eigenvalue weighted by molar-refractivity contribution is 5.91. The Morgan fingerprint density at radius 1 is 1.47 bits per heavy atom. The van der Waals surface area contributed by atoms with Crippen LogP contribution in [0.1, 0.15) is 23.3 Å². The minimum absolute atomic E-state index is 0.252. The average molecular weight is 236 g/mol. The summed E-state index contributed by atoms with van der Waals surface area (Å²) in [5, 5.41) is 6.00. The van der Waals surface area contributed by atoms with E-state index in [1.165, 1.54) is 11.8 Å². The highest BCUT2D eigenvalue weighted by atomic mass is 16.2. The lowest BCUT2D eigenvalue weighted by atomic mass is 10.1. The molecule has 0 aromatic carbocycles. The molecule has 0 spiro atoms. The van der Waals surface area contributed by atoms with Gasteiger partial charge < -0.3 is 20.6 Å². The van der Waals surface area contributed by atoms with Gasteiger partial charge in [-0.2, -0.15) is 0 Å². The molecule has 92 valence electrons. The number of aromatic amines is 2. The van der Waals surface area contributed by atoms with E-state index in [4.69, 9.17) is 0 Å². The number of carbonyl (C=O) groups excluding carboxylic acids is 1. The van der Waals surface area contributed by atoms with Gasteiger partial charge in [-0.05, 0) is 19.4 Å². The third kappa shape index (κ3) is 3.32. The number of nitrogens with one attached hydrogen (secondary N) is 4. The highest BCUT2D eigenvalue weighted by Gasteiger charge is 2.08. The zero-order valence-corrected chi connectivity index (χ0v) is 9.51. The van der Waals surface area contributed by atoms with E-state index in [2.05, 4.69) is 26.7 Å². The third-order valence-electron chi connectivity index (χ3n) is 2.73. The van der Waals surface area contributed by atoms with Crippen molar-refractivity contribution in [3.05, 3.63) is 34.0 Å². The third-order valence-corrected chi connectivity index (χ3v) is 2.73. The number of hydrogen-bond donors (Lipinski definition) is 4. The summed E-state index contributed by atoms with van der Waals surface area (Å²) in [5.74, 6) is -0.252. The molecule has 6 heteroatoms. The Balaban J connectivity index is 1.77.